The molecule has 4 aromatic rings. The first-order chi connectivity index (χ1) is 17.4. The van der Waals surface area contributed by atoms with Crippen LogP contribution in [0.25, 0.3) is 27.8 Å². The second-order valence-electron chi connectivity index (χ2n) is 9.32. The molecule has 0 spiro atoms. The zero-order chi connectivity index (χ0) is 25.2. The molecule has 2 heterocycles. The number of fused-ring (bicyclic) bond motifs is 2. The van der Waals surface area contributed by atoms with Crippen LogP contribution in [0.5, 0.6) is 0 Å². The van der Waals surface area contributed by atoms with E-state index in [0.717, 1.165) is 49.0 Å². The fourth-order valence-electron chi connectivity index (χ4n) is 5.14. The second-order valence-corrected chi connectivity index (χ2v) is 9.32. The molecule has 5 rings (SSSR count). The number of halogens is 1. The molecule has 1 aliphatic carbocycles. The lowest BCUT2D eigenvalue weighted by Crippen LogP contribution is -2.37. The Morgan fingerprint density at radius 3 is 2.72 bits per heavy atom. The van der Waals surface area contributed by atoms with Gasteiger partial charge in [-0.3, -0.25) is 14.5 Å². The average Bonchev–Trinajstić information content (AvgIpc) is 3.27. The number of carboxylic acids is 1. The summed E-state index contributed by atoms with van der Waals surface area (Å²) in [5.74, 6) is -1.56. The largest absolute Gasteiger partial charge is 0.478 e. The van der Waals surface area contributed by atoms with Gasteiger partial charge in [-0.25, -0.2) is 9.18 Å². The maximum atomic E-state index is 15.8. The van der Waals surface area contributed by atoms with Crippen LogP contribution in [0.15, 0.2) is 55.0 Å². The number of benzene rings is 2. The minimum atomic E-state index is -1.07. The van der Waals surface area contributed by atoms with E-state index in [0.29, 0.717) is 27.7 Å². The summed E-state index contributed by atoms with van der Waals surface area (Å²) in [5.41, 5.74) is 2.22. The van der Waals surface area contributed by atoms with E-state index in [2.05, 4.69) is 10.1 Å². The third-order valence-electron chi connectivity index (χ3n) is 6.91. The van der Waals surface area contributed by atoms with Crippen LogP contribution in [-0.4, -0.2) is 31.7 Å². The van der Waals surface area contributed by atoms with Crippen molar-refractivity contribution in [3.05, 3.63) is 71.9 Å². The van der Waals surface area contributed by atoms with Crippen LogP contribution < -0.4 is 4.90 Å². The van der Waals surface area contributed by atoms with Crippen molar-refractivity contribution in [1.82, 2.24) is 14.8 Å². The number of hydrogen-bond acceptors (Lipinski definition) is 4. The van der Waals surface area contributed by atoms with Crippen molar-refractivity contribution in [3.63, 3.8) is 0 Å². The van der Waals surface area contributed by atoms with E-state index in [1.807, 2.05) is 24.3 Å². The molecule has 0 bridgehead atoms. The number of carboxylic acid groups (broad SMARTS) is 1. The summed E-state index contributed by atoms with van der Waals surface area (Å²) in [6.07, 6.45) is 12.0. The molecule has 1 N–H and O–H groups in total. The smallest absolute Gasteiger partial charge is 0.328 e. The highest BCUT2D eigenvalue weighted by atomic mass is 19.1. The SMILES string of the molecule is Cn1ncc2cc3cccc(CN(C(=O)C4CCCCC4)c4cncc(/C=C/C(=O)O)c4)c3c(F)c21. The number of aryl methyl sites for hydroxylation is 1. The molecule has 0 atom stereocenters. The summed E-state index contributed by atoms with van der Waals surface area (Å²) in [4.78, 5) is 30.7. The summed E-state index contributed by atoms with van der Waals surface area (Å²) >= 11 is 0. The van der Waals surface area contributed by atoms with Gasteiger partial charge in [0.1, 0.15) is 5.52 Å². The van der Waals surface area contributed by atoms with E-state index in [4.69, 9.17) is 5.11 Å². The number of pyridine rings is 1. The number of anilines is 1. The van der Waals surface area contributed by atoms with E-state index in [9.17, 15) is 9.59 Å². The third-order valence-corrected chi connectivity index (χ3v) is 6.91. The van der Waals surface area contributed by atoms with Gasteiger partial charge in [0, 0.05) is 36.0 Å². The Morgan fingerprint density at radius 2 is 1.94 bits per heavy atom. The highest BCUT2D eigenvalue weighted by Crippen LogP contribution is 2.33. The zero-order valence-electron chi connectivity index (χ0n) is 20.0. The number of aromatic nitrogens is 3. The topological polar surface area (TPSA) is 88.3 Å². The summed E-state index contributed by atoms with van der Waals surface area (Å²) in [7, 11) is 1.71. The predicted octanol–water partition coefficient (Wildman–Crippen LogP) is 5.47. The Hall–Kier alpha value is -4.07. The number of hydrogen-bond donors (Lipinski definition) is 1. The van der Waals surface area contributed by atoms with Gasteiger partial charge in [0.2, 0.25) is 5.91 Å². The van der Waals surface area contributed by atoms with E-state index >= 15 is 4.39 Å². The van der Waals surface area contributed by atoms with Gasteiger partial charge in [0.25, 0.3) is 0 Å². The molecule has 184 valence electrons. The number of amides is 1. The number of rotatable bonds is 6. The molecule has 1 fully saturated rings. The summed E-state index contributed by atoms with van der Waals surface area (Å²) in [6, 6.07) is 9.23. The van der Waals surface area contributed by atoms with Gasteiger partial charge in [0.15, 0.2) is 5.82 Å². The Balaban J connectivity index is 1.61. The first-order valence-electron chi connectivity index (χ1n) is 12.1. The van der Waals surface area contributed by atoms with Crippen molar-refractivity contribution in [2.75, 3.05) is 4.90 Å². The highest BCUT2D eigenvalue weighted by Gasteiger charge is 2.28. The molecule has 8 heteroatoms. The van der Waals surface area contributed by atoms with Crippen molar-refractivity contribution >= 4 is 45.3 Å². The Morgan fingerprint density at radius 1 is 1.14 bits per heavy atom. The van der Waals surface area contributed by atoms with E-state index in [1.165, 1.54) is 10.8 Å². The first-order valence-corrected chi connectivity index (χ1v) is 12.1. The molecule has 7 nitrogen and oxygen atoms in total. The minimum Gasteiger partial charge on any atom is -0.478 e. The summed E-state index contributed by atoms with van der Waals surface area (Å²) in [6.45, 7) is 0.167. The highest BCUT2D eigenvalue weighted by molar-refractivity contribution is 6.00. The Kier molecular flexibility index (Phi) is 6.50. The van der Waals surface area contributed by atoms with Crippen LogP contribution in [0.3, 0.4) is 0 Å². The summed E-state index contributed by atoms with van der Waals surface area (Å²) < 4.78 is 17.3. The van der Waals surface area contributed by atoms with Crippen molar-refractivity contribution in [1.29, 1.82) is 0 Å². The molecule has 36 heavy (non-hydrogen) atoms. The van der Waals surface area contributed by atoms with Crippen molar-refractivity contribution in [2.24, 2.45) is 13.0 Å². The second kappa shape index (κ2) is 9.89. The number of carbonyl (C=O) groups excluding carboxylic acids is 1. The maximum Gasteiger partial charge on any atom is 0.328 e. The number of aliphatic carboxylic acids is 1. The van der Waals surface area contributed by atoms with Gasteiger partial charge in [-0.05, 0) is 47.6 Å². The van der Waals surface area contributed by atoms with Gasteiger partial charge in [-0.15, -0.1) is 0 Å². The number of carbonyl (C=O) groups is 2. The van der Waals surface area contributed by atoms with Crippen molar-refractivity contribution in [3.8, 4) is 0 Å². The predicted molar refractivity (Wildman–Crippen MR) is 137 cm³/mol. The van der Waals surface area contributed by atoms with E-state index in [-0.39, 0.29) is 24.2 Å². The molecule has 2 aromatic carbocycles. The van der Waals surface area contributed by atoms with Gasteiger partial charge in [-0.2, -0.15) is 5.10 Å². The van der Waals surface area contributed by atoms with Gasteiger partial charge in [-0.1, -0.05) is 37.5 Å². The molecule has 1 amide bonds. The zero-order valence-corrected chi connectivity index (χ0v) is 20.0. The molecule has 1 aliphatic rings. The normalized spacial score (nSPS) is 14.6. The molecule has 2 aromatic heterocycles. The standard InChI is InChI=1S/C28H27FN4O3/c1-32-27-22(15-31-32)13-20-8-5-9-21(25(20)26(27)29)17-33(28(36)19-6-3-2-4-7-19)23-12-18(14-30-16-23)10-11-24(34)35/h5,8-16,19H,2-4,6-7,17H2,1H3,(H,34,35)/b11-10+. The quantitative estimate of drug-likeness (QED) is 0.365. The van der Waals surface area contributed by atoms with Gasteiger partial charge in [0.05, 0.1) is 24.6 Å². The van der Waals surface area contributed by atoms with Crippen molar-refractivity contribution < 1.29 is 19.1 Å². The maximum absolute atomic E-state index is 15.8. The van der Waals surface area contributed by atoms with Crippen LogP contribution in [0, 0.1) is 11.7 Å². The molecule has 0 unspecified atom stereocenters. The fraction of sp³-hybridized carbons (Fsp3) is 0.286. The minimum absolute atomic E-state index is 0.0186. The first kappa shape index (κ1) is 23.7. The Labute approximate surface area is 207 Å². The Bertz CT molecular complexity index is 1490. The van der Waals surface area contributed by atoms with E-state index in [1.54, 1.807) is 36.6 Å². The van der Waals surface area contributed by atoms with Crippen LogP contribution in [-0.2, 0) is 23.2 Å². The van der Waals surface area contributed by atoms with Gasteiger partial charge < -0.3 is 10.0 Å². The molecular weight excluding hydrogens is 459 g/mol. The van der Waals surface area contributed by atoms with Crippen LogP contribution in [0.2, 0.25) is 0 Å². The number of nitrogens with zero attached hydrogens (tertiary/aromatic N) is 4. The monoisotopic (exact) mass is 486 g/mol. The average molecular weight is 487 g/mol. The summed E-state index contributed by atoms with van der Waals surface area (Å²) in [5, 5.41) is 15.1. The molecular formula is C28H27FN4O3. The third kappa shape index (κ3) is 4.58. The lowest BCUT2D eigenvalue weighted by Gasteiger charge is -2.30. The molecule has 0 radical (unpaired) electrons. The van der Waals surface area contributed by atoms with Crippen LogP contribution in [0.4, 0.5) is 10.1 Å². The van der Waals surface area contributed by atoms with Crippen LogP contribution >= 0.6 is 0 Å². The lowest BCUT2D eigenvalue weighted by molar-refractivity contribution is -0.131. The van der Waals surface area contributed by atoms with Crippen molar-refractivity contribution in [2.45, 2.75) is 38.6 Å². The molecule has 1 saturated carbocycles. The molecule has 0 saturated heterocycles. The lowest BCUT2D eigenvalue weighted by atomic mass is 9.88. The fourth-order valence-corrected chi connectivity index (χ4v) is 5.14. The van der Waals surface area contributed by atoms with E-state index < -0.39 is 5.97 Å². The molecule has 0 aliphatic heterocycles. The van der Waals surface area contributed by atoms with Gasteiger partial charge >= 0.3 is 5.97 Å². The van der Waals surface area contributed by atoms with Crippen LogP contribution in [0.1, 0.15) is 43.2 Å².